The molecule has 1 aromatic heterocycles. The standard InChI is InChI=1S/C35H49N3O2.C2H6/c1-8-23(5)24(6)18-25(9-2)33-32(22(3)4)30-19-27(10-11-31(30)37-33)26-12-16-38(17-13-26)29-20-28(21-29)36-34(39)40-35(7)14-15-35;1-2/h9-11,18-19,22,26,28-29,37H,5,8,12-17,20-21H2,1-4,6-7H3,(H,36,39);1-2H3/b24-18-,25-9+;. The number of carbonyl (C=O) groups is 1. The summed E-state index contributed by atoms with van der Waals surface area (Å²) in [6.07, 6.45) is 11.7. The van der Waals surface area contributed by atoms with E-state index in [0.29, 0.717) is 17.9 Å². The van der Waals surface area contributed by atoms with Crippen molar-refractivity contribution in [3.63, 3.8) is 0 Å². The van der Waals surface area contributed by atoms with Crippen molar-refractivity contribution in [2.24, 2.45) is 0 Å². The van der Waals surface area contributed by atoms with E-state index in [-0.39, 0.29) is 17.7 Å². The minimum atomic E-state index is -0.231. The van der Waals surface area contributed by atoms with E-state index in [0.717, 1.165) is 45.2 Å². The van der Waals surface area contributed by atoms with Gasteiger partial charge in [-0.15, -0.1) is 0 Å². The van der Waals surface area contributed by atoms with E-state index in [1.54, 1.807) is 0 Å². The number of likely N-dealkylation sites (tertiary alicyclic amines) is 1. The van der Waals surface area contributed by atoms with Gasteiger partial charge in [-0.1, -0.05) is 65.0 Å². The molecule has 1 amide bonds. The highest BCUT2D eigenvalue weighted by atomic mass is 16.6. The molecule has 1 aliphatic heterocycles. The maximum absolute atomic E-state index is 12.1. The molecule has 0 spiro atoms. The summed E-state index contributed by atoms with van der Waals surface area (Å²) in [5.41, 5.74) is 8.82. The van der Waals surface area contributed by atoms with Crippen molar-refractivity contribution in [2.45, 2.75) is 130 Å². The van der Waals surface area contributed by atoms with Gasteiger partial charge < -0.3 is 19.9 Å². The molecule has 1 aromatic carbocycles. The van der Waals surface area contributed by atoms with Crippen LogP contribution in [0.2, 0.25) is 0 Å². The van der Waals surface area contributed by atoms with Gasteiger partial charge in [0.25, 0.3) is 0 Å². The fourth-order valence-corrected chi connectivity index (χ4v) is 6.53. The number of H-pyrrole nitrogens is 1. The van der Waals surface area contributed by atoms with Gasteiger partial charge >= 0.3 is 6.09 Å². The number of piperidine rings is 1. The number of fused-ring (bicyclic) bond motifs is 1. The lowest BCUT2D eigenvalue weighted by atomic mass is 9.82. The van der Waals surface area contributed by atoms with Crippen molar-refractivity contribution < 1.29 is 9.53 Å². The molecule has 5 nitrogen and oxygen atoms in total. The van der Waals surface area contributed by atoms with Gasteiger partial charge in [0.15, 0.2) is 0 Å². The Bertz CT molecular complexity index is 1310. The van der Waals surface area contributed by atoms with E-state index >= 15 is 0 Å². The first-order valence-electron chi connectivity index (χ1n) is 16.5. The van der Waals surface area contributed by atoms with Gasteiger partial charge in [0.05, 0.1) is 0 Å². The maximum Gasteiger partial charge on any atom is 0.407 e. The fraction of sp³-hybridized carbons (Fsp3) is 0.595. The third kappa shape index (κ3) is 7.22. The Kier molecular flexibility index (Phi) is 10.5. The monoisotopic (exact) mass is 573 g/mol. The van der Waals surface area contributed by atoms with Crippen LogP contribution in [-0.2, 0) is 4.74 Å². The average Bonchev–Trinajstić information content (AvgIpc) is 3.56. The van der Waals surface area contributed by atoms with Gasteiger partial charge in [-0.05, 0) is 125 Å². The molecule has 3 aliphatic rings. The Morgan fingerprint density at radius 2 is 1.88 bits per heavy atom. The molecular weight excluding hydrogens is 518 g/mol. The SMILES string of the molecule is C=C(CC)/C(C)=C\C(=C/C)c1[nH]c2ccc(C3CCN(C4CC(NC(=O)OC5(C)CC5)C4)CC3)cc2c1C(C)C.CC. The van der Waals surface area contributed by atoms with E-state index in [2.05, 4.69) is 86.7 Å². The number of nitrogens with zero attached hydrogens (tertiary/aromatic N) is 1. The van der Waals surface area contributed by atoms with Crippen LogP contribution in [-0.4, -0.2) is 46.8 Å². The predicted molar refractivity (Wildman–Crippen MR) is 178 cm³/mol. The second kappa shape index (κ2) is 13.7. The first-order valence-corrected chi connectivity index (χ1v) is 16.5. The van der Waals surface area contributed by atoms with Crippen LogP contribution in [0.3, 0.4) is 0 Å². The van der Waals surface area contributed by atoms with Crippen LogP contribution in [0.1, 0.15) is 129 Å². The molecule has 2 aromatic rings. The number of aromatic amines is 1. The number of carbonyl (C=O) groups excluding carboxylic acids is 1. The summed E-state index contributed by atoms with van der Waals surface area (Å²) in [7, 11) is 0. The summed E-state index contributed by atoms with van der Waals surface area (Å²) < 4.78 is 5.53. The van der Waals surface area contributed by atoms with Crippen LogP contribution in [0.15, 0.2) is 48.1 Å². The minimum absolute atomic E-state index is 0.203. The smallest absolute Gasteiger partial charge is 0.407 e. The van der Waals surface area contributed by atoms with Crippen LogP contribution >= 0.6 is 0 Å². The molecule has 0 radical (unpaired) electrons. The Morgan fingerprint density at radius 1 is 1.21 bits per heavy atom. The fourth-order valence-electron chi connectivity index (χ4n) is 6.53. The second-order valence-electron chi connectivity index (χ2n) is 13.0. The normalized spacial score (nSPS) is 22.8. The molecule has 0 unspecified atom stereocenters. The summed E-state index contributed by atoms with van der Waals surface area (Å²) in [6, 6.07) is 7.96. The van der Waals surface area contributed by atoms with E-state index in [4.69, 9.17) is 4.74 Å². The van der Waals surface area contributed by atoms with Crippen LogP contribution in [0, 0.1) is 0 Å². The summed E-state index contributed by atoms with van der Waals surface area (Å²) in [6.45, 7) is 23.6. The third-order valence-corrected chi connectivity index (χ3v) is 9.64. The number of benzene rings is 1. The highest BCUT2D eigenvalue weighted by Crippen LogP contribution is 2.40. The number of aromatic nitrogens is 1. The lowest BCUT2D eigenvalue weighted by molar-refractivity contribution is 0.0561. The van der Waals surface area contributed by atoms with Gasteiger partial charge in [0.2, 0.25) is 0 Å². The van der Waals surface area contributed by atoms with Crippen LogP contribution in [0.25, 0.3) is 16.5 Å². The second-order valence-corrected chi connectivity index (χ2v) is 13.0. The number of ether oxygens (including phenoxy) is 1. The van der Waals surface area contributed by atoms with E-state index in [9.17, 15) is 4.79 Å². The number of amides is 1. The summed E-state index contributed by atoms with van der Waals surface area (Å²) in [5.74, 6) is 1.02. The van der Waals surface area contributed by atoms with Crippen molar-refractivity contribution >= 4 is 22.6 Å². The number of alkyl carbamates (subject to hydrolysis) is 1. The summed E-state index contributed by atoms with van der Waals surface area (Å²) in [5, 5.41) is 4.44. The number of rotatable bonds is 9. The van der Waals surface area contributed by atoms with Crippen molar-refractivity contribution in [2.75, 3.05) is 13.1 Å². The van der Waals surface area contributed by atoms with Gasteiger partial charge in [-0.2, -0.15) is 0 Å². The number of hydrogen-bond acceptors (Lipinski definition) is 3. The van der Waals surface area contributed by atoms with Crippen molar-refractivity contribution in [3.05, 3.63) is 64.9 Å². The van der Waals surface area contributed by atoms with E-state index in [1.807, 2.05) is 20.8 Å². The lowest BCUT2D eigenvalue weighted by Crippen LogP contribution is -2.55. The number of allylic oxidation sites excluding steroid dienone is 5. The topological polar surface area (TPSA) is 57.4 Å². The quantitative estimate of drug-likeness (QED) is 0.294. The van der Waals surface area contributed by atoms with Gasteiger partial charge in [-0.3, -0.25) is 0 Å². The first-order chi connectivity index (χ1) is 20.1. The van der Waals surface area contributed by atoms with Crippen molar-refractivity contribution in [3.8, 4) is 0 Å². The third-order valence-electron chi connectivity index (χ3n) is 9.64. The Labute approximate surface area is 254 Å². The Morgan fingerprint density at radius 3 is 2.45 bits per heavy atom. The highest BCUT2D eigenvalue weighted by Gasteiger charge is 2.43. The van der Waals surface area contributed by atoms with Crippen LogP contribution in [0.4, 0.5) is 4.79 Å². The molecular formula is C37H55N3O2. The molecule has 2 N–H and O–H groups in total. The lowest BCUT2D eigenvalue weighted by Gasteiger charge is -2.45. The van der Waals surface area contributed by atoms with Gasteiger partial charge in [0, 0.05) is 28.7 Å². The van der Waals surface area contributed by atoms with Gasteiger partial charge in [-0.25, -0.2) is 4.79 Å². The molecule has 2 heterocycles. The molecule has 3 fully saturated rings. The maximum atomic E-state index is 12.1. The number of hydrogen-bond donors (Lipinski definition) is 2. The molecule has 5 heteroatoms. The molecule has 5 rings (SSSR count). The summed E-state index contributed by atoms with van der Waals surface area (Å²) in [4.78, 5) is 18.5. The van der Waals surface area contributed by atoms with Crippen molar-refractivity contribution in [1.82, 2.24) is 15.2 Å². The number of nitrogens with one attached hydrogen (secondary N) is 2. The first kappa shape index (κ1) is 32.1. The molecule has 42 heavy (non-hydrogen) atoms. The highest BCUT2D eigenvalue weighted by molar-refractivity contribution is 5.92. The zero-order valence-electron chi connectivity index (χ0n) is 27.5. The molecule has 0 atom stereocenters. The molecule has 2 saturated carbocycles. The molecule has 0 bridgehead atoms. The van der Waals surface area contributed by atoms with Crippen LogP contribution in [0.5, 0.6) is 0 Å². The Hall–Kier alpha value is -2.79. The van der Waals surface area contributed by atoms with E-state index < -0.39 is 0 Å². The van der Waals surface area contributed by atoms with Crippen molar-refractivity contribution in [1.29, 1.82) is 0 Å². The zero-order valence-corrected chi connectivity index (χ0v) is 27.5. The predicted octanol–water partition coefficient (Wildman–Crippen LogP) is 9.62. The summed E-state index contributed by atoms with van der Waals surface area (Å²) >= 11 is 0. The molecule has 2 aliphatic carbocycles. The van der Waals surface area contributed by atoms with Crippen LogP contribution < -0.4 is 5.32 Å². The van der Waals surface area contributed by atoms with E-state index in [1.165, 1.54) is 57.3 Å². The minimum Gasteiger partial charge on any atom is -0.443 e. The van der Waals surface area contributed by atoms with Gasteiger partial charge in [0.1, 0.15) is 5.60 Å². The zero-order chi connectivity index (χ0) is 30.6. The Balaban J connectivity index is 0.00000198. The average molecular weight is 574 g/mol. The largest absolute Gasteiger partial charge is 0.443 e. The molecule has 1 saturated heterocycles. The molecule has 230 valence electrons.